The number of hydrogen-bond acceptors (Lipinski definition) is 5. The summed E-state index contributed by atoms with van der Waals surface area (Å²) in [6.45, 7) is 9.47. The normalized spacial score (nSPS) is 15.9. The zero-order valence-electron chi connectivity index (χ0n) is 27.4. The van der Waals surface area contributed by atoms with Crippen LogP contribution in [0.4, 0.5) is 25.1 Å². The van der Waals surface area contributed by atoms with Crippen LogP contribution in [0.15, 0.2) is 78.9 Å². The fourth-order valence-electron chi connectivity index (χ4n) is 5.82. The highest BCUT2D eigenvalue weighted by Crippen LogP contribution is 2.41. The number of rotatable bonds is 7. The van der Waals surface area contributed by atoms with E-state index in [1.54, 1.807) is 21.7 Å². The van der Waals surface area contributed by atoms with E-state index in [1.807, 2.05) is 61.5 Å². The summed E-state index contributed by atoms with van der Waals surface area (Å²) >= 11 is 0. The van der Waals surface area contributed by atoms with Crippen LogP contribution in [-0.4, -0.2) is 46.0 Å². The highest BCUT2D eigenvalue weighted by atomic mass is 19.3. The van der Waals surface area contributed by atoms with E-state index in [0.29, 0.717) is 30.4 Å². The Bertz CT molecular complexity index is 1840. The van der Waals surface area contributed by atoms with Gasteiger partial charge in [-0.1, -0.05) is 62.7 Å². The van der Waals surface area contributed by atoms with E-state index in [-0.39, 0.29) is 28.9 Å². The smallest absolute Gasteiger partial charge is 0.395 e. The van der Waals surface area contributed by atoms with Gasteiger partial charge < -0.3 is 19.7 Å². The van der Waals surface area contributed by atoms with Gasteiger partial charge in [-0.2, -0.15) is 5.10 Å². The topological polar surface area (TPSA) is 97.7 Å². The summed E-state index contributed by atoms with van der Waals surface area (Å²) in [7, 11) is 0. The van der Waals surface area contributed by atoms with Crippen LogP contribution in [0.1, 0.15) is 56.0 Å². The maximum absolute atomic E-state index is 13.3. The minimum Gasteiger partial charge on any atom is -0.395 e. The average Bonchev–Trinajstić information content (AvgIpc) is 3.60. The minimum absolute atomic E-state index is 0.0387. The first-order valence-electron chi connectivity index (χ1n) is 16.0. The number of urea groups is 1. The highest BCUT2D eigenvalue weighted by molar-refractivity contribution is 6.00. The molecule has 1 aromatic heterocycles. The van der Waals surface area contributed by atoms with Gasteiger partial charge >= 0.3 is 12.3 Å². The van der Waals surface area contributed by atoms with Crippen LogP contribution in [0.5, 0.6) is 11.5 Å². The molecule has 48 heavy (non-hydrogen) atoms. The number of halogens is 2. The Morgan fingerprint density at radius 1 is 0.958 bits per heavy atom. The van der Waals surface area contributed by atoms with Crippen molar-refractivity contribution >= 4 is 29.5 Å². The number of carbonyl (C=O) groups is 2. The Labute approximate surface area is 278 Å². The van der Waals surface area contributed by atoms with E-state index in [2.05, 4.69) is 40.9 Å². The lowest BCUT2D eigenvalue weighted by Gasteiger charge is -2.31. The van der Waals surface area contributed by atoms with Crippen LogP contribution in [0.3, 0.4) is 0 Å². The molecule has 3 aromatic carbocycles. The number of likely N-dealkylation sites (tertiary alicyclic amines) is 1. The number of aryl methyl sites for hydroxylation is 1. The van der Waals surface area contributed by atoms with Crippen molar-refractivity contribution in [3.8, 4) is 17.2 Å². The molecular formula is C37H39F2N5O4. The third-order valence-corrected chi connectivity index (χ3v) is 8.54. The fraction of sp³-hybridized carbons (Fsp3) is 0.324. The maximum Gasteiger partial charge on any atom is 0.586 e. The molecule has 0 saturated carbocycles. The lowest BCUT2D eigenvalue weighted by Crippen LogP contribution is -2.38. The molecule has 0 spiro atoms. The molecule has 0 aliphatic carbocycles. The molecule has 1 saturated heterocycles. The SMILES string of the molecule is Cc1ccc(-n2nc(C(C)(C)C)cc2NC(=O)Nc2ccccc2CC2CCN(C(=O)/C=C/c3ccc4c(c3)OC(F)(F)O4)CC2)cc1. The van der Waals surface area contributed by atoms with Gasteiger partial charge in [0.25, 0.3) is 0 Å². The van der Waals surface area contributed by atoms with Crippen LogP contribution in [0.2, 0.25) is 0 Å². The number of aromatic nitrogens is 2. The van der Waals surface area contributed by atoms with Crippen molar-refractivity contribution in [1.82, 2.24) is 14.7 Å². The number of anilines is 2. The van der Waals surface area contributed by atoms with Crippen molar-refractivity contribution in [3.63, 3.8) is 0 Å². The van der Waals surface area contributed by atoms with Crippen molar-refractivity contribution in [3.05, 3.63) is 101 Å². The molecule has 0 radical (unpaired) electrons. The van der Waals surface area contributed by atoms with Crippen LogP contribution in [0.25, 0.3) is 11.8 Å². The molecule has 0 bridgehead atoms. The Morgan fingerprint density at radius 2 is 1.67 bits per heavy atom. The second-order valence-corrected chi connectivity index (χ2v) is 13.3. The predicted molar refractivity (Wildman–Crippen MR) is 181 cm³/mol. The molecule has 9 nitrogen and oxygen atoms in total. The molecule has 3 amide bonds. The van der Waals surface area contributed by atoms with Gasteiger partial charge in [-0.05, 0) is 79.6 Å². The number of alkyl halides is 2. The molecule has 250 valence electrons. The van der Waals surface area contributed by atoms with E-state index < -0.39 is 6.29 Å². The molecule has 4 aromatic rings. The second kappa shape index (κ2) is 13.1. The van der Waals surface area contributed by atoms with Gasteiger partial charge in [0.2, 0.25) is 5.91 Å². The molecule has 11 heteroatoms. The average molecular weight is 656 g/mol. The van der Waals surface area contributed by atoms with Gasteiger partial charge in [-0.15, -0.1) is 8.78 Å². The number of carbonyl (C=O) groups excluding carboxylic acids is 2. The lowest BCUT2D eigenvalue weighted by atomic mass is 9.89. The Morgan fingerprint density at radius 3 is 2.40 bits per heavy atom. The summed E-state index contributed by atoms with van der Waals surface area (Å²) in [6, 6.07) is 21.7. The lowest BCUT2D eigenvalue weighted by molar-refractivity contribution is -0.286. The fourth-order valence-corrected chi connectivity index (χ4v) is 5.82. The van der Waals surface area contributed by atoms with Gasteiger partial charge in [0.1, 0.15) is 5.82 Å². The standard InChI is InChI=1S/C37H39F2N5O4/c1-24-9-13-28(14-10-24)44-33(23-32(42-44)36(2,3)4)41-35(46)40-29-8-6-5-7-27(29)21-26-17-19-43(20-18-26)34(45)16-12-25-11-15-30-31(22-25)48-37(38,39)47-30/h5-16,22-23,26H,17-21H2,1-4H3,(H2,40,41,46)/b16-12+. The maximum atomic E-state index is 13.3. The number of nitrogens with one attached hydrogen (secondary N) is 2. The van der Waals surface area contributed by atoms with Crippen LogP contribution >= 0.6 is 0 Å². The third-order valence-electron chi connectivity index (χ3n) is 8.54. The predicted octanol–water partition coefficient (Wildman–Crippen LogP) is 7.94. The van der Waals surface area contributed by atoms with Crippen molar-refractivity contribution in [2.75, 3.05) is 23.7 Å². The number of ether oxygens (including phenoxy) is 2. The van der Waals surface area contributed by atoms with E-state index in [0.717, 1.165) is 47.5 Å². The molecule has 0 unspecified atom stereocenters. The summed E-state index contributed by atoms with van der Waals surface area (Å²) in [6.07, 6.45) is 1.72. The number of fused-ring (bicyclic) bond motifs is 1. The molecular weight excluding hydrogens is 616 g/mol. The van der Waals surface area contributed by atoms with Gasteiger partial charge in [0.05, 0.1) is 11.4 Å². The van der Waals surface area contributed by atoms with Gasteiger partial charge in [0, 0.05) is 36.3 Å². The Hall–Kier alpha value is -5.19. The third kappa shape index (κ3) is 7.67. The molecule has 1 fully saturated rings. The van der Waals surface area contributed by atoms with E-state index in [4.69, 9.17) is 5.10 Å². The summed E-state index contributed by atoms with van der Waals surface area (Å²) in [5.41, 5.74) is 4.95. The summed E-state index contributed by atoms with van der Waals surface area (Å²) in [5, 5.41) is 10.9. The first-order chi connectivity index (χ1) is 22.8. The Balaban J connectivity index is 1.05. The first-order valence-corrected chi connectivity index (χ1v) is 16.0. The van der Waals surface area contributed by atoms with Crippen molar-refractivity contribution in [2.24, 2.45) is 5.92 Å². The number of benzene rings is 3. The van der Waals surface area contributed by atoms with Gasteiger partial charge in [-0.25, -0.2) is 9.48 Å². The molecule has 6 rings (SSSR count). The van der Waals surface area contributed by atoms with Gasteiger partial charge in [-0.3, -0.25) is 10.1 Å². The zero-order chi connectivity index (χ0) is 34.1. The molecule has 2 aliphatic rings. The Kier molecular flexibility index (Phi) is 8.96. The van der Waals surface area contributed by atoms with E-state index in [9.17, 15) is 18.4 Å². The largest absolute Gasteiger partial charge is 0.586 e. The second-order valence-electron chi connectivity index (χ2n) is 13.3. The van der Waals surface area contributed by atoms with E-state index >= 15 is 0 Å². The summed E-state index contributed by atoms with van der Waals surface area (Å²) < 4.78 is 37.3. The molecule has 2 N–H and O–H groups in total. The number of amides is 3. The number of para-hydroxylation sites is 1. The zero-order valence-corrected chi connectivity index (χ0v) is 27.4. The van der Waals surface area contributed by atoms with Crippen LogP contribution in [0, 0.1) is 12.8 Å². The van der Waals surface area contributed by atoms with Crippen molar-refractivity contribution in [2.45, 2.75) is 58.7 Å². The molecule has 0 atom stereocenters. The van der Waals surface area contributed by atoms with Crippen molar-refractivity contribution < 1.29 is 27.8 Å². The highest BCUT2D eigenvalue weighted by Gasteiger charge is 2.43. The number of nitrogens with zero attached hydrogens (tertiary/aromatic N) is 3. The first kappa shape index (κ1) is 32.7. The molecule has 3 heterocycles. The summed E-state index contributed by atoms with van der Waals surface area (Å²) in [4.78, 5) is 28.0. The monoisotopic (exact) mass is 655 g/mol. The van der Waals surface area contributed by atoms with Crippen LogP contribution in [-0.2, 0) is 16.6 Å². The van der Waals surface area contributed by atoms with Crippen molar-refractivity contribution in [1.29, 1.82) is 0 Å². The number of hydrogen-bond donors (Lipinski definition) is 2. The quantitative estimate of drug-likeness (QED) is 0.197. The van der Waals surface area contributed by atoms with Gasteiger partial charge in [0.15, 0.2) is 11.5 Å². The molecule has 2 aliphatic heterocycles. The number of piperidine rings is 1. The minimum atomic E-state index is -3.68. The summed E-state index contributed by atoms with van der Waals surface area (Å²) in [5.74, 6) is 0.658. The van der Waals surface area contributed by atoms with E-state index in [1.165, 1.54) is 18.2 Å². The van der Waals surface area contributed by atoms with Crippen LogP contribution < -0.4 is 20.1 Å².